The molecule has 0 N–H and O–H groups in total. The van der Waals surface area contributed by atoms with Crippen LogP contribution >= 0.6 is 0 Å². The Morgan fingerprint density at radius 3 is 2.65 bits per heavy atom. The van der Waals surface area contributed by atoms with Gasteiger partial charge in [-0.1, -0.05) is 43.9 Å². The maximum Gasteiger partial charge on any atom is 0.159 e. The van der Waals surface area contributed by atoms with Crippen molar-refractivity contribution in [2.75, 3.05) is 0 Å². The van der Waals surface area contributed by atoms with E-state index in [0.717, 1.165) is 35.2 Å². The number of hydrogen-bond donors (Lipinski definition) is 0. The Morgan fingerprint density at radius 2 is 1.78 bits per heavy atom. The lowest BCUT2D eigenvalue weighted by molar-refractivity contribution is 0.595. The van der Waals surface area contributed by atoms with Crippen molar-refractivity contribution in [2.24, 2.45) is 0 Å². The van der Waals surface area contributed by atoms with E-state index in [2.05, 4.69) is 34.2 Å². The van der Waals surface area contributed by atoms with Crippen LogP contribution in [0.5, 0.6) is 0 Å². The van der Waals surface area contributed by atoms with Crippen molar-refractivity contribution < 1.29 is 0 Å². The normalized spacial score (nSPS) is 11.3. The molecule has 23 heavy (non-hydrogen) atoms. The Balaban J connectivity index is 1.59. The van der Waals surface area contributed by atoms with Crippen LogP contribution in [0, 0.1) is 0 Å². The maximum atomic E-state index is 4.84. The molecule has 3 heteroatoms. The number of rotatable bonds is 9. The number of unbranched alkanes of at least 4 members (excludes halogenated alkanes) is 6. The first-order chi connectivity index (χ1) is 11.4. The van der Waals surface area contributed by atoms with Gasteiger partial charge in [0.15, 0.2) is 5.65 Å². The molecule has 0 radical (unpaired) electrons. The molecule has 2 heterocycles. The fourth-order valence-corrected chi connectivity index (χ4v) is 3.13. The van der Waals surface area contributed by atoms with Gasteiger partial charge in [0, 0.05) is 12.4 Å². The standard InChI is InChI=1S/C20H25N3/c1-2-3-4-5-6-7-8-9-13-18-20-21-15-16-23(20)19-14-11-10-12-17(19)22-18/h2,10-12,14-16H,1,3-9,13H2. The summed E-state index contributed by atoms with van der Waals surface area (Å²) in [5, 5.41) is 0. The van der Waals surface area contributed by atoms with Gasteiger partial charge in [-0.25, -0.2) is 9.97 Å². The SMILES string of the molecule is C=CCCCCCCCCc1nc2ccccc2n2ccnc12. The smallest absolute Gasteiger partial charge is 0.159 e. The third kappa shape index (κ3) is 3.79. The highest BCUT2D eigenvalue weighted by molar-refractivity contribution is 5.78. The summed E-state index contributed by atoms with van der Waals surface area (Å²) in [5.41, 5.74) is 4.32. The molecule has 0 aliphatic carbocycles. The Kier molecular flexibility index (Phi) is 5.41. The number of allylic oxidation sites excluding steroid dienone is 1. The number of hydrogen-bond acceptors (Lipinski definition) is 2. The van der Waals surface area contributed by atoms with Crippen molar-refractivity contribution in [1.82, 2.24) is 14.4 Å². The van der Waals surface area contributed by atoms with Crippen molar-refractivity contribution in [2.45, 2.75) is 51.4 Å². The predicted octanol–water partition coefficient (Wildman–Crippen LogP) is 5.34. The van der Waals surface area contributed by atoms with Gasteiger partial charge in [0.2, 0.25) is 0 Å². The third-order valence-corrected chi connectivity index (χ3v) is 4.37. The van der Waals surface area contributed by atoms with E-state index in [1.54, 1.807) is 0 Å². The zero-order valence-electron chi connectivity index (χ0n) is 13.7. The Hall–Kier alpha value is -2.16. The maximum absolute atomic E-state index is 4.84. The highest BCUT2D eigenvalue weighted by Gasteiger charge is 2.08. The van der Waals surface area contributed by atoms with Gasteiger partial charge < -0.3 is 0 Å². The zero-order valence-corrected chi connectivity index (χ0v) is 13.7. The highest BCUT2D eigenvalue weighted by atomic mass is 15.0. The van der Waals surface area contributed by atoms with Crippen molar-refractivity contribution in [3.63, 3.8) is 0 Å². The Bertz CT molecular complexity index is 773. The molecule has 1 aromatic carbocycles. The van der Waals surface area contributed by atoms with Crippen molar-refractivity contribution in [3.8, 4) is 0 Å². The van der Waals surface area contributed by atoms with E-state index in [4.69, 9.17) is 4.98 Å². The van der Waals surface area contributed by atoms with Crippen molar-refractivity contribution >= 4 is 16.7 Å². The number of fused-ring (bicyclic) bond motifs is 3. The number of nitrogens with zero attached hydrogens (tertiary/aromatic N) is 3. The second kappa shape index (κ2) is 7.91. The van der Waals surface area contributed by atoms with Gasteiger partial charge in [0.25, 0.3) is 0 Å². The molecule has 0 atom stereocenters. The largest absolute Gasteiger partial charge is 0.297 e. The van der Waals surface area contributed by atoms with Crippen molar-refractivity contribution in [1.29, 1.82) is 0 Å². The molecule has 120 valence electrons. The molecule has 3 nitrogen and oxygen atoms in total. The number of para-hydroxylation sites is 2. The number of imidazole rings is 1. The fourth-order valence-electron chi connectivity index (χ4n) is 3.13. The van der Waals surface area contributed by atoms with Gasteiger partial charge in [-0.15, -0.1) is 6.58 Å². The average molecular weight is 307 g/mol. The molecule has 0 unspecified atom stereocenters. The second-order valence-corrected chi connectivity index (χ2v) is 6.12. The van der Waals surface area contributed by atoms with Crippen LogP contribution in [0.25, 0.3) is 16.7 Å². The third-order valence-electron chi connectivity index (χ3n) is 4.37. The summed E-state index contributed by atoms with van der Waals surface area (Å²) in [5.74, 6) is 0. The molecule has 0 saturated heterocycles. The molecule has 0 aliphatic rings. The summed E-state index contributed by atoms with van der Waals surface area (Å²) in [7, 11) is 0. The van der Waals surface area contributed by atoms with Crippen LogP contribution < -0.4 is 0 Å². The molecule has 3 aromatic rings. The van der Waals surface area contributed by atoms with E-state index < -0.39 is 0 Å². The molecule has 0 saturated carbocycles. The van der Waals surface area contributed by atoms with Crippen LogP contribution in [0.15, 0.2) is 49.3 Å². The summed E-state index contributed by atoms with van der Waals surface area (Å²) in [4.78, 5) is 9.35. The topological polar surface area (TPSA) is 30.2 Å². The average Bonchev–Trinajstić information content (AvgIpc) is 3.07. The first-order valence-corrected chi connectivity index (χ1v) is 8.72. The molecule has 0 bridgehead atoms. The first kappa shape index (κ1) is 15.7. The highest BCUT2D eigenvalue weighted by Crippen LogP contribution is 2.19. The molecular formula is C20H25N3. The Morgan fingerprint density at radius 1 is 1.00 bits per heavy atom. The molecular weight excluding hydrogens is 282 g/mol. The van der Waals surface area contributed by atoms with E-state index in [1.807, 2.05) is 24.5 Å². The van der Waals surface area contributed by atoms with Crippen LogP contribution in [0.1, 0.15) is 50.6 Å². The number of benzene rings is 1. The van der Waals surface area contributed by atoms with Gasteiger partial charge >= 0.3 is 0 Å². The van der Waals surface area contributed by atoms with Crippen molar-refractivity contribution in [3.05, 3.63) is 55.0 Å². The van der Waals surface area contributed by atoms with E-state index >= 15 is 0 Å². The van der Waals surface area contributed by atoms with E-state index in [0.29, 0.717) is 0 Å². The summed E-state index contributed by atoms with van der Waals surface area (Å²) in [6.07, 6.45) is 15.8. The monoisotopic (exact) mass is 307 g/mol. The summed E-state index contributed by atoms with van der Waals surface area (Å²) in [6.45, 7) is 3.77. The molecule has 0 spiro atoms. The lowest BCUT2D eigenvalue weighted by Crippen LogP contribution is -1.99. The fraction of sp³-hybridized carbons (Fsp3) is 0.400. The summed E-state index contributed by atoms with van der Waals surface area (Å²) in [6, 6.07) is 8.28. The van der Waals surface area contributed by atoms with Crippen LogP contribution in [0.2, 0.25) is 0 Å². The lowest BCUT2D eigenvalue weighted by Gasteiger charge is -2.07. The minimum Gasteiger partial charge on any atom is -0.297 e. The second-order valence-electron chi connectivity index (χ2n) is 6.12. The van der Waals surface area contributed by atoms with E-state index in [9.17, 15) is 0 Å². The predicted molar refractivity (Wildman–Crippen MR) is 96.7 cm³/mol. The van der Waals surface area contributed by atoms with Gasteiger partial charge in [0.05, 0.1) is 16.7 Å². The molecule has 2 aromatic heterocycles. The van der Waals surface area contributed by atoms with E-state index in [-0.39, 0.29) is 0 Å². The van der Waals surface area contributed by atoms with Gasteiger partial charge in [-0.2, -0.15) is 0 Å². The molecule has 0 amide bonds. The number of aryl methyl sites for hydroxylation is 1. The van der Waals surface area contributed by atoms with E-state index in [1.165, 1.54) is 38.5 Å². The minimum absolute atomic E-state index is 1.01. The minimum atomic E-state index is 1.01. The Labute approximate surface area is 138 Å². The quantitative estimate of drug-likeness (QED) is 0.394. The molecule has 0 aliphatic heterocycles. The van der Waals surface area contributed by atoms with Gasteiger partial charge in [-0.05, 0) is 37.8 Å². The number of aromatic nitrogens is 3. The zero-order chi connectivity index (χ0) is 15.9. The van der Waals surface area contributed by atoms with Crippen LogP contribution in [0.4, 0.5) is 0 Å². The summed E-state index contributed by atoms with van der Waals surface area (Å²) >= 11 is 0. The van der Waals surface area contributed by atoms with Crippen LogP contribution in [0.3, 0.4) is 0 Å². The van der Waals surface area contributed by atoms with Gasteiger partial charge in [-0.3, -0.25) is 4.40 Å². The van der Waals surface area contributed by atoms with Gasteiger partial charge in [0.1, 0.15) is 0 Å². The first-order valence-electron chi connectivity index (χ1n) is 8.72. The molecule has 0 fully saturated rings. The lowest BCUT2D eigenvalue weighted by atomic mass is 10.1. The summed E-state index contributed by atoms with van der Waals surface area (Å²) < 4.78 is 2.16. The van der Waals surface area contributed by atoms with Crippen LogP contribution in [-0.4, -0.2) is 14.4 Å². The van der Waals surface area contributed by atoms with Crippen LogP contribution in [-0.2, 0) is 6.42 Å². The molecule has 3 rings (SSSR count).